The maximum absolute atomic E-state index is 5.96. The van der Waals surface area contributed by atoms with Crippen molar-refractivity contribution in [3.05, 3.63) is 46.7 Å². The lowest BCUT2D eigenvalue weighted by molar-refractivity contribution is 0.618. The smallest absolute Gasteiger partial charge is 0.0735 e. The molecule has 2 N–H and O–H groups in total. The second-order valence-corrected chi connectivity index (χ2v) is 4.86. The van der Waals surface area contributed by atoms with Crippen LogP contribution >= 0.6 is 11.6 Å². The molecule has 0 fully saturated rings. The Bertz CT molecular complexity index is 517. The Hall–Kier alpha value is -1.48. The third-order valence-electron chi connectivity index (χ3n) is 2.68. The van der Waals surface area contributed by atoms with Gasteiger partial charge in [0.1, 0.15) is 0 Å². The molecule has 1 heterocycles. The largest absolute Gasteiger partial charge is 0.396 e. The quantitative estimate of drug-likeness (QED) is 0.907. The van der Waals surface area contributed by atoms with E-state index in [9.17, 15) is 0 Å². The van der Waals surface area contributed by atoms with Gasteiger partial charge in [0.05, 0.1) is 24.1 Å². The van der Waals surface area contributed by atoms with Crippen LogP contribution in [0.5, 0.6) is 0 Å². The molecule has 0 atom stereocenters. The van der Waals surface area contributed by atoms with Gasteiger partial charge in [0.2, 0.25) is 0 Å². The van der Waals surface area contributed by atoms with Gasteiger partial charge >= 0.3 is 0 Å². The molecule has 2 aromatic rings. The summed E-state index contributed by atoms with van der Waals surface area (Å²) in [6, 6.07) is 7.79. The van der Waals surface area contributed by atoms with Crippen molar-refractivity contribution in [1.82, 2.24) is 9.78 Å². The summed E-state index contributed by atoms with van der Waals surface area (Å²) in [6.07, 6.45) is 1.71. The molecule has 0 aliphatic carbocycles. The Morgan fingerprint density at radius 1 is 1.41 bits per heavy atom. The fourth-order valence-electron chi connectivity index (χ4n) is 1.97. The number of rotatable bonds is 3. The van der Waals surface area contributed by atoms with Crippen LogP contribution < -0.4 is 5.73 Å². The van der Waals surface area contributed by atoms with Crippen molar-refractivity contribution in [3.8, 4) is 0 Å². The van der Waals surface area contributed by atoms with Crippen molar-refractivity contribution >= 4 is 17.3 Å². The van der Waals surface area contributed by atoms with Crippen molar-refractivity contribution in [2.45, 2.75) is 26.3 Å². The second kappa shape index (κ2) is 4.80. The fourth-order valence-corrected chi connectivity index (χ4v) is 2.19. The number of nitrogens with two attached hydrogens (primary N) is 1. The number of nitrogens with zero attached hydrogens (tertiary/aromatic N) is 2. The number of nitrogen functional groups attached to an aromatic ring is 1. The van der Waals surface area contributed by atoms with Crippen molar-refractivity contribution in [1.29, 1.82) is 0 Å². The summed E-state index contributed by atoms with van der Waals surface area (Å²) in [5.74, 6) is 0.358. The van der Waals surface area contributed by atoms with Crippen LogP contribution in [-0.2, 0) is 6.54 Å². The third-order valence-corrected chi connectivity index (χ3v) is 2.91. The van der Waals surface area contributed by atoms with E-state index in [0.29, 0.717) is 12.5 Å². The molecule has 0 spiro atoms. The zero-order valence-electron chi connectivity index (χ0n) is 10.0. The topological polar surface area (TPSA) is 43.8 Å². The predicted octanol–water partition coefficient (Wildman–Crippen LogP) is 3.29. The summed E-state index contributed by atoms with van der Waals surface area (Å²) in [5, 5.41) is 5.05. The fraction of sp³-hybridized carbons (Fsp3) is 0.308. The number of hydrogen-bond donors (Lipinski definition) is 1. The van der Waals surface area contributed by atoms with Gasteiger partial charge in [-0.3, -0.25) is 4.68 Å². The molecular weight excluding hydrogens is 234 g/mol. The third kappa shape index (κ3) is 2.61. The highest BCUT2D eigenvalue weighted by Crippen LogP contribution is 2.22. The van der Waals surface area contributed by atoms with Crippen molar-refractivity contribution < 1.29 is 0 Å². The van der Waals surface area contributed by atoms with Gasteiger partial charge in [0.25, 0.3) is 0 Å². The predicted molar refractivity (Wildman–Crippen MR) is 71.3 cm³/mol. The van der Waals surface area contributed by atoms with Crippen LogP contribution in [0.1, 0.15) is 31.0 Å². The monoisotopic (exact) mass is 249 g/mol. The van der Waals surface area contributed by atoms with E-state index in [1.165, 1.54) is 0 Å². The molecular formula is C13H16ClN3. The lowest BCUT2D eigenvalue weighted by Crippen LogP contribution is -2.08. The number of halogens is 1. The minimum atomic E-state index is 0.358. The first-order chi connectivity index (χ1) is 8.08. The summed E-state index contributed by atoms with van der Waals surface area (Å²) < 4.78 is 1.94. The van der Waals surface area contributed by atoms with Gasteiger partial charge in [0.15, 0.2) is 0 Å². The molecule has 0 radical (unpaired) electrons. The minimum absolute atomic E-state index is 0.358. The highest BCUT2D eigenvalue weighted by atomic mass is 35.5. The van der Waals surface area contributed by atoms with E-state index in [-0.39, 0.29) is 0 Å². The number of aromatic nitrogens is 2. The Kier molecular flexibility index (Phi) is 3.38. The van der Waals surface area contributed by atoms with Gasteiger partial charge < -0.3 is 5.73 Å². The summed E-state index contributed by atoms with van der Waals surface area (Å²) >= 11 is 5.96. The van der Waals surface area contributed by atoms with Crippen molar-refractivity contribution in [2.75, 3.05) is 5.73 Å². The zero-order chi connectivity index (χ0) is 12.4. The van der Waals surface area contributed by atoms with E-state index in [4.69, 9.17) is 17.3 Å². The van der Waals surface area contributed by atoms with Crippen LogP contribution in [0.2, 0.25) is 5.02 Å². The standard InChI is InChI=1S/C13H16ClN3/c1-9(2)13-12(15)7-16-17(13)8-10-4-3-5-11(14)6-10/h3-7,9H,8,15H2,1-2H3. The van der Waals surface area contributed by atoms with Crippen LogP contribution in [0.4, 0.5) is 5.69 Å². The molecule has 90 valence electrons. The highest BCUT2D eigenvalue weighted by Gasteiger charge is 2.12. The van der Waals surface area contributed by atoms with E-state index in [1.54, 1.807) is 6.20 Å². The molecule has 4 heteroatoms. The van der Waals surface area contributed by atoms with Gasteiger partial charge in [-0.15, -0.1) is 0 Å². The average molecular weight is 250 g/mol. The first-order valence-electron chi connectivity index (χ1n) is 5.63. The molecule has 1 aromatic carbocycles. The lowest BCUT2D eigenvalue weighted by Gasteiger charge is -2.11. The minimum Gasteiger partial charge on any atom is -0.396 e. The first-order valence-corrected chi connectivity index (χ1v) is 6.01. The maximum Gasteiger partial charge on any atom is 0.0735 e. The van der Waals surface area contributed by atoms with Gasteiger partial charge in [-0.25, -0.2) is 0 Å². The molecule has 0 aliphatic rings. The molecule has 0 bridgehead atoms. The Morgan fingerprint density at radius 3 is 2.82 bits per heavy atom. The van der Waals surface area contributed by atoms with E-state index in [2.05, 4.69) is 18.9 Å². The maximum atomic E-state index is 5.96. The van der Waals surface area contributed by atoms with Gasteiger partial charge in [-0.1, -0.05) is 37.6 Å². The number of anilines is 1. The molecule has 2 rings (SSSR count). The van der Waals surface area contributed by atoms with Gasteiger partial charge in [-0.05, 0) is 23.6 Å². The normalized spacial score (nSPS) is 11.1. The van der Waals surface area contributed by atoms with Crippen LogP contribution in [0.25, 0.3) is 0 Å². The summed E-state index contributed by atoms with van der Waals surface area (Å²) in [6.45, 7) is 4.93. The molecule has 1 aromatic heterocycles. The van der Waals surface area contributed by atoms with Gasteiger partial charge in [-0.2, -0.15) is 5.10 Å². The van der Waals surface area contributed by atoms with Crippen LogP contribution in [-0.4, -0.2) is 9.78 Å². The molecule has 0 amide bonds. The van der Waals surface area contributed by atoms with E-state index < -0.39 is 0 Å². The average Bonchev–Trinajstić information content (AvgIpc) is 2.59. The molecule has 0 unspecified atom stereocenters. The second-order valence-electron chi connectivity index (χ2n) is 4.43. The molecule has 0 saturated carbocycles. The number of benzene rings is 1. The van der Waals surface area contributed by atoms with Crippen LogP contribution in [0.3, 0.4) is 0 Å². The molecule has 0 saturated heterocycles. The first kappa shape index (κ1) is 12.0. The number of hydrogen-bond acceptors (Lipinski definition) is 2. The molecule has 0 aliphatic heterocycles. The Morgan fingerprint density at radius 2 is 2.18 bits per heavy atom. The van der Waals surface area contributed by atoms with Crippen LogP contribution in [0.15, 0.2) is 30.5 Å². The summed E-state index contributed by atoms with van der Waals surface area (Å²) in [4.78, 5) is 0. The molecule has 3 nitrogen and oxygen atoms in total. The highest BCUT2D eigenvalue weighted by molar-refractivity contribution is 6.30. The molecule has 17 heavy (non-hydrogen) atoms. The van der Waals surface area contributed by atoms with Crippen molar-refractivity contribution in [3.63, 3.8) is 0 Å². The van der Waals surface area contributed by atoms with E-state index >= 15 is 0 Å². The SMILES string of the molecule is CC(C)c1c(N)cnn1Cc1cccc(Cl)c1. The van der Waals surface area contributed by atoms with Gasteiger partial charge in [0, 0.05) is 5.02 Å². The zero-order valence-corrected chi connectivity index (χ0v) is 10.8. The van der Waals surface area contributed by atoms with E-state index in [0.717, 1.165) is 22.0 Å². The van der Waals surface area contributed by atoms with Crippen LogP contribution in [0, 0.1) is 0 Å². The summed E-state index contributed by atoms with van der Waals surface area (Å²) in [7, 11) is 0. The van der Waals surface area contributed by atoms with Crippen molar-refractivity contribution in [2.24, 2.45) is 0 Å². The lowest BCUT2D eigenvalue weighted by atomic mass is 10.1. The Labute approximate surface area is 106 Å². The summed E-state index contributed by atoms with van der Waals surface area (Å²) in [5.41, 5.74) is 8.87. The Balaban J connectivity index is 2.30. The van der Waals surface area contributed by atoms with E-state index in [1.807, 2.05) is 28.9 Å².